The Hall–Kier alpha value is -3.45. The van der Waals surface area contributed by atoms with Crippen LogP contribution in [0.3, 0.4) is 0 Å². The molecule has 4 aromatic rings. The topological polar surface area (TPSA) is 64.8 Å². The zero-order valence-corrected chi connectivity index (χ0v) is 18.1. The molecule has 3 aromatic heterocycles. The number of ether oxygens (including phenoxy) is 2. The molecule has 0 spiro atoms. The lowest BCUT2D eigenvalue weighted by molar-refractivity contribution is 0.122. The van der Waals surface area contributed by atoms with Crippen LogP contribution >= 0.6 is 0 Å². The quantitative estimate of drug-likeness (QED) is 0.495. The molecule has 162 valence electrons. The fourth-order valence-electron chi connectivity index (χ4n) is 4.91. The van der Waals surface area contributed by atoms with Crippen LogP contribution < -0.4 is 9.64 Å². The number of rotatable bonds is 4. The van der Waals surface area contributed by atoms with Gasteiger partial charge in [0.15, 0.2) is 0 Å². The van der Waals surface area contributed by atoms with Crippen molar-refractivity contribution in [3.8, 4) is 16.9 Å². The number of hydrogen-bond acceptors (Lipinski definition) is 6. The molecule has 2 aliphatic rings. The van der Waals surface area contributed by atoms with Gasteiger partial charge in [0.25, 0.3) is 0 Å². The average molecular weight is 428 g/mol. The molecule has 0 amide bonds. The van der Waals surface area contributed by atoms with Gasteiger partial charge in [0.05, 0.1) is 31.7 Å². The summed E-state index contributed by atoms with van der Waals surface area (Å²) < 4.78 is 13.3. The largest absolute Gasteiger partial charge is 0.496 e. The molecule has 0 saturated carbocycles. The molecule has 1 fully saturated rings. The van der Waals surface area contributed by atoms with Crippen LogP contribution in [0.4, 0.5) is 5.95 Å². The van der Waals surface area contributed by atoms with E-state index in [0.29, 0.717) is 0 Å². The van der Waals surface area contributed by atoms with Crippen molar-refractivity contribution in [3.05, 3.63) is 71.9 Å². The summed E-state index contributed by atoms with van der Waals surface area (Å²) in [6.45, 7) is 3.11. The van der Waals surface area contributed by atoms with E-state index >= 15 is 0 Å². The van der Waals surface area contributed by atoms with Crippen molar-refractivity contribution in [2.24, 2.45) is 0 Å². The maximum Gasteiger partial charge on any atom is 0.225 e. The molecule has 7 heteroatoms. The minimum atomic E-state index is 0.270. The highest BCUT2D eigenvalue weighted by atomic mass is 16.5. The van der Waals surface area contributed by atoms with Crippen molar-refractivity contribution < 1.29 is 9.47 Å². The van der Waals surface area contributed by atoms with Crippen molar-refractivity contribution in [1.82, 2.24) is 19.4 Å². The first-order valence-electron chi connectivity index (χ1n) is 11.1. The van der Waals surface area contributed by atoms with Crippen LogP contribution in [0.1, 0.15) is 29.3 Å². The van der Waals surface area contributed by atoms with Crippen LogP contribution in [0.15, 0.2) is 55.0 Å². The summed E-state index contributed by atoms with van der Waals surface area (Å²) >= 11 is 0. The summed E-state index contributed by atoms with van der Waals surface area (Å²) in [5.41, 5.74) is 6.72. The fraction of sp³-hybridized carbons (Fsp3) is 0.320. The van der Waals surface area contributed by atoms with Gasteiger partial charge in [-0.05, 0) is 31.0 Å². The van der Waals surface area contributed by atoms with E-state index < -0.39 is 0 Å². The van der Waals surface area contributed by atoms with Crippen LogP contribution in [-0.2, 0) is 11.2 Å². The normalized spacial score (nSPS) is 18.2. The van der Waals surface area contributed by atoms with Gasteiger partial charge in [-0.3, -0.25) is 0 Å². The van der Waals surface area contributed by atoms with Crippen molar-refractivity contribution in [2.45, 2.75) is 18.8 Å². The highest BCUT2D eigenvalue weighted by molar-refractivity contribution is 5.65. The van der Waals surface area contributed by atoms with Crippen LogP contribution in [0.2, 0.25) is 0 Å². The van der Waals surface area contributed by atoms with E-state index in [2.05, 4.69) is 49.7 Å². The Morgan fingerprint density at radius 3 is 2.62 bits per heavy atom. The summed E-state index contributed by atoms with van der Waals surface area (Å²) in [4.78, 5) is 16.3. The van der Waals surface area contributed by atoms with E-state index in [-0.39, 0.29) is 5.92 Å². The Balaban J connectivity index is 1.37. The zero-order valence-electron chi connectivity index (χ0n) is 18.1. The molecular weight excluding hydrogens is 402 g/mol. The van der Waals surface area contributed by atoms with Gasteiger partial charge in [-0.2, -0.15) is 0 Å². The fourth-order valence-corrected chi connectivity index (χ4v) is 4.91. The maximum absolute atomic E-state index is 5.66. The molecule has 1 unspecified atom stereocenters. The Labute approximate surface area is 186 Å². The summed E-state index contributed by atoms with van der Waals surface area (Å²) in [7, 11) is 1.74. The van der Waals surface area contributed by atoms with Gasteiger partial charge < -0.3 is 18.8 Å². The van der Waals surface area contributed by atoms with E-state index in [0.717, 1.165) is 67.6 Å². The summed E-state index contributed by atoms with van der Waals surface area (Å²) in [5.74, 6) is 1.97. The molecule has 32 heavy (non-hydrogen) atoms. The first-order chi connectivity index (χ1) is 15.8. The van der Waals surface area contributed by atoms with Gasteiger partial charge in [-0.1, -0.05) is 18.2 Å². The lowest BCUT2D eigenvalue weighted by Gasteiger charge is -2.26. The Kier molecular flexibility index (Phi) is 4.76. The number of morpholine rings is 1. The predicted molar refractivity (Wildman–Crippen MR) is 122 cm³/mol. The summed E-state index contributed by atoms with van der Waals surface area (Å²) in [6.07, 6.45) is 8.01. The molecule has 0 bridgehead atoms. The highest BCUT2D eigenvalue weighted by Crippen LogP contribution is 2.42. The van der Waals surface area contributed by atoms with E-state index in [9.17, 15) is 0 Å². The van der Waals surface area contributed by atoms with E-state index in [1.54, 1.807) is 7.11 Å². The van der Waals surface area contributed by atoms with Crippen molar-refractivity contribution in [3.63, 3.8) is 0 Å². The second-order valence-electron chi connectivity index (χ2n) is 8.29. The minimum Gasteiger partial charge on any atom is -0.496 e. The molecule has 7 nitrogen and oxygen atoms in total. The Bertz CT molecular complexity index is 1260. The monoisotopic (exact) mass is 427 g/mol. The second-order valence-corrected chi connectivity index (χ2v) is 8.29. The third kappa shape index (κ3) is 3.20. The number of aryl methyl sites for hydroxylation is 1. The van der Waals surface area contributed by atoms with Gasteiger partial charge in [0, 0.05) is 54.3 Å². The molecule has 1 aliphatic heterocycles. The number of hydrogen-bond donors (Lipinski definition) is 0. The van der Waals surface area contributed by atoms with Crippen molar-refractivity contribution in [1.29, 1.82) is 0 Å². The van der Waals surface area contributed by atoms with Gasteiger partial charge in [-0.15, -0.1) is 0 Å². The second kappa shape index (κ2) is 7.91. The van der Waals surface area contributed by atoms with Crippen molar-refractivity contribution in [2.75, 3.05) is 38.3 Å². The molecular formula is C25H25N5O2. The van der Waals surface area contributed by atoms with Gasteiger partial charge in [-0.25, -0.2) is 15.0 Å². The van der Waals surface area contributed by atoms with Gasteiger partial charge >= 0.3 is 0 Å². The lowest BCUT2D eigenvalue weighted by Crippen LogP contribution is -2.37. The minimum absolute atomic E-state index is 0.270. The van der Waals surface area contributed by atoms with E-state index in [4.69, 9.17) is 14.5 Å². The number of anilines is 1. The molecule has 0 N–H and O–H groups in total. The third-order valence-corrected chi connectivity index (χ3v) is 6.51. The summed E-state index contributed by atoms with van der Waals surface area (Å²) in [6, 6.07) is 12.5. The van der Waals surface area contributed by atoms with Crippen LogP contribution in [0.5, 0.6) is 5.75 Å². The van der Waals surface area contributed by atoms with Crippen molar-refractivity contribution >= 4 is 11.6 Å². The molecule has 6 rings (SSSR count). The molecule has 1 atom stereocenters. The molecule has 0 radical (unpaired) electrons. The number of methoxy groups -OCH3 is 1. The lowest BCUT2D eigenvalue weighted by atomic mass is 9.95. The summed E-state index contributed by atoms with van der Waals surface area (Å²) in [5, 5.41) is 0. The smallest absolute Gasteiger partial charge is 0.225 e. The maximum atomic E-state index is 5.66. The number of nitrogens with zero attached hydrogens (tertiary/aromatic N) is 5. The third-order valence-electron chi connectivity index (χ3n) is 6.51. The van der Waals surface area contributed by atoms with Crippen LogP contribution in [0.25, 0.3) is 16.8 Å². The SMILES string of the molecule is COc1ccccc1C1CCc2nc3ccc(-c4cnc(N5CCOCC5)nc4)cn3c21. The number of fused-ring (bicyclic) bond motifs is 3. The standard InChI is InChI=1S/C25H25N5O2/c1-31-22-5-3-2-4-19(22)20-7-8-21-24(20)30-16-17(6-9-23(30)28-21)18-14-26-25(27-15-18)29-10-12-32-13-11-29/h2-6,9,14-16,20H,7-8,10-13H2,1H3. The molecule has 4 heterocycles. The zero-order chi connectivity index (χ0) is 21.5. The molecule has 1 saturated heterocycles. The Morgan fingerprint density at radius 1 is 1.00 bits per heavy atom. The molecule has 1 aromatic carbocycles. The Morgan fingerprint density at radius 2 is 1.81 bits per heavy atom. The number of imidazole rings is 1. The van der Waals surface area contributed by atoms with Gasteiger partial charge in [0.1, 0.15) is 11.4 Å². The first-order valence-corrected chi connectivity index (χ1v) is 11.1. The highest BCUT2D eigenvalue weighted by Gasteiger charge is 2.31. The van der Waals surface area contributed by atoms with Crippen LogP contribution in [0, 0.1) is 0 Å². The van der Waals surface area contributed by atoms with E-state index in [1.165, 1.54) is 17.0 Å². The number of aromatic nitrogens is 4. The average Bonchev–Trinajstić information content (AvgIpc) is 3.44. The molecule has 1 aliphatic carbocycles. The number of para-hydroxylation sites is 1. The van der Waals surface area contributed by atoms with Gasteiger partial charge in [0.2, 0.25) is 5.95 Å². The number of pyridine rings is 1. The van der Waals surface area contributed by atoms with E-state index in [1.807, 2.05) is 24.5 Å². The predicted octanol–water partition coefficient (Wildman–Crippen LogP) is 3.71. The van der Waals surface area contributed by atoms with Crippen LogP contribution in [-0.4, -0.2) is 52.8 Å². The first kappa shape index (κ1) is 19.3. The number of benzene rings is 1.